The summed E-state index contributed by atoms with van der Waals surface area (Å²) in [6, 6.07) is 1.20. The SMILES string of the molecule is CCC(NC)C(C)N(C)CCN(C)C. The zero-order valence-corrected chi connectivity index (χ0v) is 10.7. The van der Waals surface area contributed by atoms with Crippen LogP contribution in [-0.4, -0.2) is 63.2 Å². The lowest BCUT2D eigenvalue weighted by molar-refractivity contribution is 0.190. The summed E-state index contributed by atoms with van der Waals surface area (Å²) >= 11 is 0. The van der Waals surface area contributed by atoms with Crippen molar-refractivity contribution in [1.29, 1.82) is 0 Å². The molecule has 0 bridgehead atoms. The first-order chi connectivity index (χ1) is 6.52. The van der Waals surface area contributed by atoms with E-state index in [0.717, 1.165) is 13.1 Å². The third-order valence-corrected chi connectivity index (χ3v) is 2.99. The van der Waals surface area contributed by atoms with Crippen LogP contribution in [-0.2, 0) is 0 Å². The van der Waals surface area contributed by atoms with E-state index >= 15 is 0 Å². The van der Waals surface area contributed by atoms with Crippen molar-refractivity contribution in [1.82, 2.24) is 15.1 Å². The van der Waals surface area contributed by atoms with Gasteiger partial charge in [0.1, 0.15) is 0 Å². The van der Waals surface area contributed by atoms with E-state index in [0.29, 0.717) is 12.1 Å². The first-order valence-corrected chi connectivity index (χ1v) is 5.55. The molecule has 2 unspecified atom stereocenters. The topological polar surface area (TPSA) is 18.5 Å². The molecule has 0 aromatic carbocycles. The van der Waals surface area contributed by atoms with Gasteiger partial charge in [-0.05, 0) is 41.5 Å². The van der Waals surface area contributed by atoms with Gasteiger partial charge in [-0.1, -0.05) is 6.92 Å². The van der Waals surface area contributed by atoms with Gasteiger partial charge in [0.15, 0.2) is 0 Å². The predicted molar refractivity (Wildman–Crippen MR) is 63.8 cm³/mol. The lowest BCUT2D eigenvalue weighted by Crippen LogP contribution is -2.47. The van der Waals surface area contributed by atoms with E-state index in [4.69, 9.17) is 0 Å². The highest BCUT2D eigenvalue weighted by atomic mass is 15.2. The molecular formula is C11H27N3. The standard InChI is InChI=1S/C11H27N3/c1-7-11(12-3)10(2)14(6)9-8-13(4)5/h10-12H,7-9H2,1-6H3. The van der Waals surface area contributed by atoms with Gasteiger partial charge in [-0.15, -0.1) is 0 Å². The molecule has 0 fully saturated rings. The molecule has 14 heavy (non-hydrogen) atoms. The fourth-order valence-corrected chi connectivity index (χ4v) is 1.65. The van der Waals surface area contributed by atoms with Gasteiger partial charge in [0.2, 0.25) is 0 Å². The molecule has 0 amide bonds. The number of rotatable bonds is 7. The average Bonchev–Trinajstić information content (AvgIpc) is 2.15. The molecule has 0 aromatic heterocycles. The number of likely N-dealkylation sites (N-methyl/N-ethyl adjacent to an activating group) is 3. The van der Waals surface area contributed by atoms with Crippen molar-refractivity contribution in [2.24, 2.45) is 0 Å². The van der Waals surface area contributed by atoms with E-state index in [2.05, 4.69) is 50.1 Å². The highest BCUT2D eigenvalue weighted by Crippen LogP contribution is 2.04. The highest BCUT2D eigenvalue weighted by molar-refractivity contribution is 4.77. The molecule has 2 atom stereocenters. The Morgan fingerprint density at radius 1 is 1.14 bits per heavy atom. The van der Waals surface area contributed by atoms with Crippen LogP contribution in [0.1, 0.15) is 20.3 Å². The molecule has 86 valence electrons. The van der Waals surface area contributed by atoms with Crippen LogP contribution < -0.4 is 5.32 Å². The first-order valence-electron chi connectivity index (χ1n) is 5.55. The number of nitrogens with zero attached hydrogens (tertiary/aromatic N) is 2. The van der Waals surface area contributed by atoms with Gasteiger partial charge < -0.3 is 15.1 Å². The van der Waals surface area contributed by atoms with Gasteiger partial charge in [0, 0.05) is 25.2 Å². The summed E-state index contributed by atoms with van der Waals surface area (Å²) < 4.78 is 0. The van der Waals surface area contributed by atoms with Gasteiger partial charge in [-0.3, -0.25) is 0 Å². The Hall–Kier alpha value is -0.120. The maximum Gasteiger partial charge on any atom is 0.0218 e. The Balaban J connectivity index is 3.90. The first kappa shape index (κ1) is 13.9. The normalized spacial score (nSPS) is 16.3. The molecule has 3 nitrogen and oxygen atoms in total. The Morgan fingerprint density at radius 2 is 1.71 bits per heavy atom. The molecule has 0 aliphatic rings. The second-order valence-corrected chi connectivity index (χ2v) is 4.33. The maximum atomic E-state index is 3.36. The predicted octanol–water partition coefficient (Wildman–Crippen LogP) is 0.866. The van der Waals surface area contributed by atoms with E-state index in [-0.39, 0.29) is 0 Å². The van der Waals surface area contributed by atoms with E-state index in [1.165, 1.54) is 6.42 Å². The van der Waals surface area contributed by atoms with Crippen molar-refractivity contribution < 1.29 is 0 Å². The summed E-state index contributed by atoms with van der Waals surface area (Å²) in [5.41, 5.74) is 0. The minimum Gasteiger partial charge on any atom is -0.315 e. The zero-order valence-electron chi connectivity index (χ0n) is 10.7. The Labute approximate surface area is 89.5 Å². The summed E-state index contributed by atoms with van der Waals surface area (Å²) in [7, 11) is 8.49. The van der Waals surface area contributed by atoms with Crippen molar-refractivity contribution in [3.63, 3.8) is 0 Å². The lowest BCUT2D eigenvalue weighted by Gasteiger charge is -2.32. The van der Waals surface area contributed by atoms with Crippen molar-refractivity contribution in [2.45, 2.75) is 32.4 Å². The summed E-state index contributed by atoms with van der Waals surface area (Å²) in [5.74, 6) is 0. The summed E-state index contributed by atoms with van der Waals surface area (Å²) in [6.07, 6.45) is 1.18. The van der Waals surface area contributed by atoms with Crippen molar-refractivity contribution in [3.05, 3.63) is 0 Å². The van der Waals surface area contributed by atoms with Gasteiger partial charge in [0.25, 0.3) is 0 Å². The molecule has 0 heterocycles. The summed E-state index contributed by atoms with van der Waals surface area (Å²) in [5, 5.41) is 3.36. The number of nitrogens with one attached hydrogen (secondary N) is 1. The van der Waals surface area contributed by atoms with Crippen molar-refractivity contribution in [2.75, 3.05) is 41.3 Å². The summed E-state index contributed by atoms with van der Waals surface area (Å²) in [6.45, 7) is 6.78. The second kappa shape index (κ2) is 7.21. The minimum absolute atomic E-state index is 0.599. The van der Waals surface area contributed by atoms with Crippen LogP contribution in [0.2, 0.25) is 0 Å². The zero-order chi connectivity index (χ0) is 11.1. The Kier molecular flexibility index (Phi) is 7.15. The molecule has 0 aliphatic heterocycles. The van der Waals surface area contributed by atoms with Crippen LogP contribution >= 0.6 is 0 Å². The van der Waals surface area contributed by atoms with E-state index < -0.39 is 0 Å². The van der Waals surface area contributed by atoms with E-state index in [1.807, 2.05) is 7.05 Å². The van der Waals surface area contributed by atoms with Gasteiger partial charge in [-0.2, -0.15) is 0 Å². The highest BCUT2D eigenvalue weighted by Gasteiger charge is 2.17. The maximum absolute atomic E-state index is 3.36. The molecule has 0 aromatic rings. The third-order valence-electron chi connectivity index (χ3n) is 2.99. The molecule has 1 N–H and O–H groups in total. The number of hydrogen-bond acceptors (Lipinski definition) is 3. The number of hydrogen-bond donors (Lipinski definition) is 1. The smallest absolute Gasteiger partial charge is 0.0218 e. The average molecular weight is 201 g/mol. The van der Waals surface area contributed by atoms with Gasteiger partial charge in [-0.25, -0.2) is 0 Å². The molecule has 3 heteroatoms. The molecule has 0 saturated heterocycles. The quantitative estimate of drug-likeness (QED) is 0.659. The molecule has 0 radical (unpaired) electrons. The molecule has 0 rings (SSSR count). The van der Waals surface area contributed by atoms with E-state index in [1.54, 1.807) is 0 Å². The monoisotopic (exact) mass is 201 g/mol. The third kappa shape index (κ3) is 4.94. The molecule has 0 spiro atoms. The molecular weight excluding hydrogens is 174 g/mol. The van der Waals surface area contributed by atoms with Crippen LogP contribution in [0.25, 0.3) is 0 Å². The lowest BCUT2D eigenvalue weighted by atomic mass is 10.1. The Bertz CT molecular complexity index is 132. The second-order valence-electron chi connectivity index (χ2n) is 4.33. The van der Waals surface area contributed by atoms with Crippen molar-refractivity contribution >= 4 is 0 Å². The van der Waals surface area contributed by atoms with Crippen LogP contribution in [0.4, 0.5) is 0 Å². The van der Waals surface area contributed by atoms with Crippen LogP contribution in [0, 0.1) is 0 Å². The fourth-order valence-electron chi connectivity index (χ4n) is 1.65. The van der Waals surface area contributed by atoms with Crippen LogP contribution in [0.5, 0.6) is 0 Å². The fraction of sp³-hybridized carbons (Fsp3) is 1.00. The Morgan fingerprint density at radius 3 is 2.07 bits per heavy atom. The molecule has 0 aliphatic carbocycles. The van der Waals surface area contributed by atoms with E-state index in [9.17, 15) is 0 Å². The minimum atomic E-state index is 0.599. The van der Waals surface area contributed by atoms with Crippen molar-refractivity contribution in [3.8, 4) is 0 Å². The molecule has 0 saturated carbocycles. The van der Waals surface area contributed by atoms with Crippen LogP contribution in [0.15, 0.2) is 0 Å². The largest absolute Gasteiger partial charge is 0.315 e. The van der Waals surface area contributed by atoms with Gasteiger partial charge >= 0.3 is 0 Å². The summed E-state index contributed by atoms with van der Waals surface area (Å²) in [4.78, 5) is 4.65. The van der Waals surface area contributed by atoms with Gasteiger partial charge in [0.05, 0.1) is 0 Å². The van der Waals surface area contributed by atoms with Crippen LogP contribution in [0.3, 0.4) is 0 Å².